The third-order valence-corrected chi connectivity index (χ3v) is 3.83. The second kappa shape index (κ2) is 6.96. The van der Waals surface area contributed by atoms with Crippen molar-refractivity contribution in [3.63, 3.8) is 0 Å². The molecule has 1 unspecified atom stereocenters. The van der Waals surface area contributed by atoms with Crippen molar-refractivity contribution in [1.29, 1.82) is 5.26 Å². The quantitative estimate of drug-likeness (QED) is 0.827. The zero-order chi connectivity index (χ0) is 14.5. The van der Waals surface area contributed by atoms with Crippen molar-refractivity contribution < 1.29 is 9.47 Å². The van der Waals surface area contributed by atoms with E-state index in [1.54, 1.807) is 7.11 Å². The van der Waals surface area contributed by atoms with Gasteiger partial charge in [-0.2, -0.15) is 5.26 Å². The van der Waals surface area contributed by atoms with Gasteiger partial charge in [-0.3, -0.25) is 0 Å². The predicted molar refractivity (Wildman–Crippen MR) is 80.9 cm³/mol. The van der Waals surface area contributed by atoms with Crippen LogP contribution >= 0.6 is 15.9 Å². The minimum atomic E-state index is -0.462. The van der Waals surface area contributed by atoms with E-state index in [2.05, 4.69) is 27.3 Å². The molecule has 20 heavy (non-hydrogen) atoms. The SMILES string of the molecule is CCC(C#N)Oc1c(Br)cc(CNC2CC2)cc1OC. The molecule has 0 radical (unpaired) electrons. The van der Waals surface area contributed by atoms with Crippen molar-refractivity contribution in [1.82, 2.24) is 5.32 Å². The molecule has 108 valence electrons. The van der Waals surface area contributed by atoms with Crippen LogP contribution in [0.2, 0.25) is 0 Å². The van der Waals surface area contributed by atoms with Crippen LogP contribution in [0.25, 0.3) is 0 Å². The van der Waals surface area contributed by atoms with Crippen molar-refractivity contribution in [2.75, 3.05) is 7.11 Å². The lowest BCUT2D eigenvalue weighted by Crippen LogP contribution is -2.16. The fourth-order valence-electron chi connectivity index (χ4n) is 1.88. The molecule has 2 rings (SSSR count). The highest BCUT2D eigenvalue weighted by Crippen LogP contribution is 2.37. The molecule has 1 aliphatic carbocycles. The van der Waals surface area contributed by atoms with Crippen LogP contribution in [0.15, 0.2) is 16.6 Å². The summed E-state index contributed by atoms with van der Waals surface area (Å²) in [5, 5.41) is 12.5. The van der Waals surface area contributed by atoms with E-state index in [0.717, 1.165) is 16.6 Å². The molecule has 1 saturated carbocycles. The molecule has 1 aromatic rings. The number of hydrogen-bond donors (Lipinski definition) is 1. The number of rotatable bonds is 7. The number of nitriles is 1. The molecule has 5 heteroatoms. The number of ether oxygens (including phenoxy) is 2. The lowest BCUT2D eigenvalue weighted by molar-refractivity contribution is 0.237. The second-order valence-electron chi connectivity index (χ2n) is 4.91. The van der Waals surface area contributed by atoms with Crippen LogP contribution < -0.4 is 14.8 Å². The average molecular weight is 339 g/mol. The molecule has 1 atom stereocenters. The first-order valence-corrected chi connectivity index (χ1v) is 7.63. The van der Waals surface area contributed by atoms with Crippen LogP contribution in [-0.4, -0.2) is 19.3 Å². The van der Waals surface area contributed by atoms with E-state index in [-0.39, 0.29) is 0 Å². The smallest absolute Gasteiger partial charge is 0.184 e. The lowest BCUT2D eigenvalue weighted by atomic mass is 10.2. The van der Waals surface area contributed by atoms with E-state index in [1.807, 2.05) is 19.1 Å². The maximum absolute atomic E-state index is 9.01. The van der Waals surface area contributed by atoms with Crippen molar-refractivity contribution in [3.8, 4) is 17.6 Å². The fraction of sp³-hybridized carbons (Fsp3) is 0.533. The molecule has 0 amide bonds. The Morgan fingerprint density at radius 2 is 2.25 bits per heavy atom. The Morgan fingerprint density at radius 1 is 1.50 bits per heavy atom. The van der Waals surface area contributed by atoms with Gasteiger partial charge in [0.2, 0.25) is 0 Å². The highest BCUT2D eigenvalue weighted by molar-refractivity contribution is 9.10. The van der Waals surface area contributed by atoms with Gasteiger partial charge in [0.25, 0.3) is 0 Å². The highest BCUT2D eigenvalue weighted by Gasteiger charge is 2.21. The topological polar surface area (TPSA) is 54.3 Å². The van der Waals surface area contributed by atoms with Crippen LogP contribution in [-0.2, 0) is 6.54 Å². The number of hydrogen-bond acceptors (Lipinski definition) is 4. The largest absolute Gasteiger partial charge is 0.493 e. The molecular weight excluding hydrogens is 320 g/mol. The van der Waals surface area contributed by atoms with Crippen LogP contribution in [0.1, 0.15) is 31.7 Å². The second-order valence-corrected chi connectivity index (χ2v) is 5.76. The molecule has 0 aromatic heterocycles. The summed E-state index contributed by atoms with van der Waals surface area (Å²) in [5.74, 6) is 1.25. The third kappa shape index (κ3) is 3.87. The van der Waals surface area contributed by atoms with E-state index < -0.39 is 6.10 Å². The Kier molecular flexibility index (Phi) is 5.27. The third-order valence-electron chi connectivity index (χ3n) is 3.24. The van der Waals surface area contributed by atoms with Crippen LogP contribution in [0.5, 0.6) is 11.5 Å². The van der Waals surface area contributed by atoms with Gasteiger partial charge in [-0.05, 0) is 52.9 Å². The van der Waals surface area contributed by atoms with Gasteiger partial charge < -0.3 is 14.8 Å². The summed E-state index contributed by atoms with van der Waals surface area (Å²) in [4.78, 5) is 0. The number of methoxy groups -OCH3 is 1. The molecule has 1 fully saturated rings. The predicted octanol–water partition coefficient (Wildman–Crippen LogP) is 3.39. The van der Waals surface area contributed by atoms with E-state index in [1.165, 1.54) is 12.8 Å². The zero-order valence-corrected chi connectivity index (χ0v) is 13.4. The molecule has 0 heterocycles. The minimum Gasteiger partial charge on any atom is -0.493 e. The fourth-order valence-corrected chi connectivity index (χ4v) is 2.47. The molecule has 1 N–H and O–H groups in total. The number of nitrogens with zero attached hydrogens (tertiary/aromatic N) is 1. The first kappa shape index (κ1) is 15.1. The molecule has 0 spiro atoms. The van der Waals surface area contributed by atoms with Gasteiger partial charge >= 0.3 is 0 Å². The van der Waals surface area contributed by atoms with Crippen molar-refractivity contribution >= 4 is 15.9 Å². The maximum atomic E-state index is 9.01. The minimum absolute atomic E-state index is 0.462. The molecule has 1 aliphatic rings. The zero-order valence-electron chi connectivity index (χ0n) is 11.8. The summed E-state index contributed by atoms with van der Waals surface area (Å²) >= 11 is 3.51. The van der Waals surface area contributed by atoms with Crippen molar-refractivity contribution in [3.05, 3.63) is 22.2 Å². The van der Waals surface area contributed by atoms with Gasteiger partial charge in [0, 0.05) is 12.6 Å². The van der Waals surface area contributed by atoms with Crippen LogP contribution in [0.4, 0.5) is 0 Å². The standard InChI is InChI=1S/C15H19BrN2O2/c1-3-12(8-17)20-15-13(16)6-10(7-14(15)19-2)9-18-11-4-5-11/h6-7,11-12,18H,3-5,9H2,1-2H3. The highest BCUT2D eigenvalue weighted by atomic mass is 79.9. The first-order valence-electron chi connectivity index (χ1n) is 6.84. The number of nitrogens with one attached hydrogen (secondary N) is 1. The number of benzene rings is 1. The molecule has 0 aliphatic heterocycles. The van der Waals surface area contributed by atoms with Gasteiger partial charge in [0.15, 0.2) is 17.6 Å². The van der Waals surface area contributed by atoms with Crippen LogP contribution in [0, 0.1) is 11.3 Å². The summed E-state index contributed by atoms with van der Waals surface area (Å²) in [6.45, 7) is 2.73. The van der Waals surface area contributed by atoms with E-state index in [9.17, 15) is 0 Å². The Hall–Kier alpha value is -1.25. The summed E-state index contributed by atoms with van der Waals surface area (Å²) in [5.41, 5.74) is 1.14. The molecule has 4 nitrogen and oxygen atoms in total. The van der Waals surface area contributed by atoms with Gasteiger partial charge in [0.05, 0.1) is 11.6 Å². The van der Waals surface area contributed by atoms with E-state index >= 15 is 0 Å². The molecule has 1 aromatic carbocycles. The Labute approximate surface area is 128 Å². The normalized spacial score (nSPS) is 15.5. The Balaban J connectivity index is 2.16. The van der Waals surface area contributed by atoms with E-state index in [0.29, 0.717) is 24.0 Å². The summed E-state index contributed by atoms with van der Waals surface area (Å²) in [6.07, 6.45) is 2.70. The van der Waals surface area contributed by atoms with E-state index in [4.69, 9.17) is 14.7 Å². The maximum Gasteiger partial charge on any atom is 0.184 e. The molecule has 0 bridgehead atoms. The lowest BCUT2D eigenvalue weighted by Gasteiger charge is -2.17. The summed E-state index contributed by atoms with van der Waals surface area (Å²) in [6, 6.07) is 6.77. The van der Waals surface area contributed by atoms with Gasteiger partial charge in [-0.25, -0.2) is 0 Å². The monoisotopic (exact) mass is 338 g/mol. The van der Waals surface area contributed by atoms with Crippen LogP contribution in [0.3, 0.4) is 0 Å². The summed E-state index contributed by atoms with van der Waals surface area (Å²) in [7, 11) is 1.61. The molecular formula is C15H19BrN2O2. The first-order chi connectivity index (χ1) is 9.67. The Bertz CT molecular complexity index is 509. The van der Waals surface area contributed by atoms with Gasteiger partial charge in [-0.1, -0.05) is 6.92 Å². The Morgan fingerprint density at radius 3 is 2.80 bits per heavy atom. The molecule has 0 saturated heterocycles. The van der Waals surface area contributed by atoms with Gasteiger partial charge in [-0.15, -0.1) is 0 Å². The summed E-state index contributed by atoms with van der Waals surface area (Å²) < 4.78 is 11.9. The van der Waals surface area contributed by atoms with Gasteiger partial charge in [0.1, 0.15) is 6.07 Å². The average Bonchev–Trinajstić information content (AvgIpc) is 3.27. The number of halogens is 1. The van der Waals surface area contributed by atoms with Crippen molar-refractivity contribution in [2.45, 2.75) is 44.9 Å². The van der Waals surface area contributed by atoms with Crippen molar-refractivity contribution in [2.24, 2.45) is 0 Å².